The number of hydrogen-bond acceptors (Lipinski definition) is 3. The summed E-state index contributed by atoms with van der Waals surface area (Å²) < 4.78 is 5.09. The number of ether oxygens (including phenoxy) is 1. The Kier molecular flexibility index (Phi) is 4.22. The largest absolute Gasteiger partial charge is 0.466 e. The van der Waals surface area contributed by atoms with Gasteiger partial charge in [-0.05, 0) is 81.8 Å². The average Bonchev–Trinajstić information content (AvgIpc) is 2.37. The molecule has 0 atom stereocenters. The van der Waals surface area contributed by atoms with Crippen molar-refractivity contribution in [2.24, 2.45) is 4.99 Å². The lowest BCUT2D eigenvalue weighted by Crippen LogP contribution is -2.31. The van der Waals surface area contributed by atoms with Gasteiger partial charge >= 0.3 is 5.97 Å². The van der Waals surface area contributed by atoms with Crippen LogP contribution in [0.2, 0.25) is 0 Å². The number of aliphatic imine (C=N–C) groups is 1. The molecule has 0 radical (unpaired) electrons. The summed E-state index contributed by atoms with van der Waals surface area (Å²) in [4.78, 5) is 16.7. The van der Waals surface area contributed by atoms with Crippen LogP contribution in [0.5, 0.6) is 0 Å². The van der Waals surface area contributed by atoms with Gasteiger partial charge in [0, 0.05) is 0 Å². The zero-order valence-corrected chi connectivity index (χ0v) is 14.0. The predicted octanol–water partition coefficient (Wildman–Crippen LogP) is 3.69. The van der Waals surface area contributed by atoms with Gasteiger partial charge in [-0.2, -0.15) is 0 Å². The van der Waals surface area contributed by atoms with Gasteiger partial charge in [-0.25, -0.2) is 0 Å². The topological polar surface area (TPSA) is 38.7 Å². The SMILES string of the molecule is CCOC(=O)CC1=NC(C)(C)Cc2c1cc(C)c(C)c2C. The van der Waals surface area contributed by atoms with Crippen LogP contribution < -0.4 is 0 Å². The molecule has 21 heavy (non-hydrogen) atoms. The monoisotopic (exact) mass is 287 g/mol. The Hall–Kier alpha value is -1.64. The first kappa shape index (κ1) is 15.7. The summed E-state index contributed by atoms with van der Waals surface area (Å²) in [6, 6.07) is 2.17. The van der Waals surface area contributed by atoms with Crippen LogP contribution in [0.15, 0.2) is 11.1 Å². The second-order valence-corrected chi connectivity index (χ2v) is 6.50. The summed E-state index contributed by atoms with van der Waals surface area (Å²) >= 11 is 0. The summed E-state index contributed by atoms with van der Waals surface area (Å²) in [6.07, 6.45) is 1.17. The number of nitrogens with zero attached hydrogens (tertiary/aromatic N) is 1. The van der Waals surface area contributed by atoms with Gasteiger partial charge in [-0.3, -0.25) is 9.79 Å². The normalized spacial score (nSPS) is 16.2. The third-order valence-corrected chi connectivity index (χ3v) is 4.27. The van der Waals surface area contributed by atoms with Gasteiger partial charge in [-0.1, -0.05) is 0 Å². The van der Waals surface area contributed by atoms with Crippen LogP contribution in [0.25, 0.3) is 0 Å². The van der Waals surface area contributed by atoms with E-state index in [-0.39, 0.29) is 17.9 Å². The molecule has 1 aliphatic rings. The molecule has 0 spiro atoms. The highest BCUT2D eigenvalue weighted by Gasteiger charge is 2.29. The maximum absolute atomic E-state index is 11.9. The number of rotatable bonds is 3. The van der Waals surface area contributed by atoms with Crippen molar-refractivity contribution >= 4 is 11.7 Å². The first-order chi connectivity index (χ1) is 9.75. The fraction of sp³-hybridized carbons (Fsp3) is 0.556. The average molecular weight is 287 g/mol. The van der Waals surface area contributed by atoms with E-state index in [1.165, 1.54) is 22.3 Å². The number of aryl methyl sites for hydroxylation is 1. The van der Waals surface area contributed by atoms with Gasteiger partial charge in [0.1, 0.15) is 0 Å². The fourth-order valence-corrected chi connectivity index (χ4v) is 3.00. The molecule has 1 aromatic carbocycles. The van der Waals surface area contributed by atoms with Gasteiger partial charge in [0.25, 0.3) is 0 Å². The highest BCUT2D eigenvalue weighted by atomic mass is 16.5. The predicted molar refractivity (Wildman–Crippen MR) is 86.2 cm³/mol. The van der Waals surface area contributed by atoms with Crippen LogP contribution in [0.4, 0.5) is 0 Å². The lowest BCUT2D eigenvalue weighted by molar-refractivity contribution is -0.141. The van der Waals surface area contributed by atoms with Crippen molar-refractivity contribution in [2.45, 2.75) is 59.9 Å². The van der Waals surface area contributed by atoms with E-state index in [1.54, 1.807) is 0 Å². The number of fused-ring (bicyclic) bond motifs is 1. The molecule has 0 unspecified atom stereocenters. The van der Waals surface area contributed by atoms with E-state index in [9.17, 15) is 4.79 Å². The Morgan fingerprint density at radius 3 is 2.57 bits per heavy atom. The van der Waals surface area contributed by atoms with E-state index >= 15 is 0 Å². The number of hydrogen-bond donors (Lipinski definition) is 0. The zero-order chi connectivity index (χ0) is 15.8. The highest BCUT2D eigenvalue weighted by molar-refractivity contribution is 6.11. The number of carbonyl (C=O) groups is 1. The first-order valence-corrected chi connectivity index (χ1v) is 7.59. The minimum absolute atomic E-state index is 0.165. The van der Waals surface area contributed by atoms with Gasteiger partial charge in [-0.15, -0.1) is 0 Å². The quantitative estimate of drug-likeness (QED) is 0.795. The van der Waals surface area contributed by atoms with E-state index in [2.05, 4.69) is 40.7 Å². The fourth-order valence-electron chi connectivity index (χ4n) is 3.00. The minimum Gasteiger partial charge on any atom is -0.466 e. The Morgan fingerprint density at radius 1 is 1.29 bits per heavy atom. The summed E-state index contributed by atoms with van der Waals surface area (Å²) in [6.45, 7) is 12.9. The van der Waals surface area contributed by atoms with Crippen molar-refractivity contribution in [3.05, 3.63) is 33.9 Å². The van der Waals surface area contributed by atoms with Crippen LogP contribution in [-0.2, 0) is 16.0 Å². The Balaban J connectivity index is 2.51. The molecular weight excluding hydrogens is 262 g/mol. The molecular formula is C18H25NO2. The third-order valence-electron chi connectivity index (χ3n) is 4.27. The summed E-state index contributed by atoms with van der Waals surface area (Å²) in [5.74, 6) is -0.198. The third kappa shape index (κ3) is 3.17. The van der Waals surface area contributed by atoms with E-state index in [1.807, 2.05) is 6.92 Å². The maximum atomic E-state index is 11.9. The highest BCUT2D eigenvalue weighted by Crippen LogP contribution is 2.33. The van der Waals surface area contributed by atoms with Crippen molar-refractivity contribution in [1.82, 2.24) is 0 Å². The number of carbonyl (C=O) groups excluding carboxylic acids is 1. The van der Waals surface area contributed by atoms with E-state index in [0.29, 0.717) is 6.61 Å². The molecule has 0 bridgehead atoms. The lowest BCUT2D eigenvalue weighted by Gasteiger charge is -2.31. The van der Waals surface area contributed by atoms with Crippen LogP contribution in [0, 0.1) is 20.8 Å². The first-order valence-electron chi connectivity index (χ1n) is 7.59. The molecule has 1 heterocycles. The second-order valence-electron chi connectivity index (χ2n) is 6.50. The molecule has 0 saturated heterocycles. The smallest absolute Gasteiger partial charge is 0.311 e. The second kappa shape index (κ2) is 5.63. The molecule has 0 N–H and O–H groups in total. The van der Waals surface area contributed by atoms with E-state index in [0.717, 1.165) is 17.7 Å². The van der Waals surface area contributed by atoms with Crippen molar-refractivity contribution in [3.63, 3.8) is 0 Å². The summed E-state index contributed by atoms with van der Waals surface area (Å²) in [5, 5.41) is 0. The summed E-state index contributed by atoms with van der Waals surface area (Å²) in [7, 11) is 0. The van der Waals surface area contributed by atoms with E-state index in [4.69, 9.17) is 9.73 Å². The van der Waals surface area contributed by atoms with Crippen molar-refractivity contribution < 1.29 is 9.53 Å². The molecule has 1 aliphatic heterocycles. The van der Waals surface area contributed by atoms with Crippen LogP contribution in [-0.4, -0.2) is 23.8 Å². The van der Waals surface area contributed by atoms with Crippen molar-refractivity contribution in [1.29, 1.82) is 0 Å². The molecule has 1 aromatic rings. The minimum atomic E-state index is -0.198. The molecule has 0 saturated carbocycles. The van der Waals surface area contributed by atoms with Crippen LogP contribution >= 0.6 is 0 Å². The van der Waals surface area contributed by atoms with Gasteiger partial charge < -0.3 is 4.74 Å². The zero-order valence-electron chi connectivity index (χ0n) is 14.0. The molecule has 2 rings (SSSR count). The lowest BCUT2D eigenvalue weighted by atomic mass is 9.81. The van der Waals surface area contributed by atoms with Gasteiger partial charge in [0.05, 0.1) is 24.3 Å². The molecule has 3 heteroatoms. The van der Waals surface area contributed by atoms with Crippen molar-refractivity contribution in [3.8, 4) is 0 Å². The van der Waals surface area contributed by atoms with Gasteiger partial charge in [0.15, 0.2) is 0 Å². The Bertz CT molecular complexity index is 612. The molecule has 0 aliphatic carbocycles. The molecule has 0 aromatic heterocycles. The molecule has 0 fully saturated rings. The summed E-state index contributed by atoms with van der Waals surface area (Å²) in [5.41, 5.74) is 7.08. The maximum Gasteiger partial charge on any atom is 0.311 e. The van der Waals surface area contributed by atoms with Crippen LogP contribution in [0.3, 0.4) is 0 Å². The Labute approximate surface area is 127 Å². The van der Waals surface area contributed by atoms with Crippen molar-refractivity contribution in [2.75, 3.05) is 6.61 Å². The number of benzene rings is 1. The van der Waals surface area contributed by atoms with E-state index < -0.39 is 0 Å². The Morgan fingerprint density at radius 2 is 1.95 bits per heavy atom. The molecule has 3 nitrogen and oxygen atoms in total. The number of esters is 1. The van der Waals surface area contributed by atoms with Crippen LogP contribution in [0.1, 0.15) is 55.0 Å². The molecule has 114 valence electrons. The standard InChI is InChI=1S/C18H25NO2/c1-7-21-17(20)9-16-14-8-11(2)12(3)13(4)15(14)10-18(5,6)19-16/h8H,7,9-10H2,1-6H3. The molecule has 0 amide bonds. The van der Waals surface area contributed by atoms with Gasteiger partial charge in [0.2, 0.25) is 0 Å².